The second-order valence-electron chi connectivity index (χ2n) is 14.2. The van der Waals surface area contributed by atoms with Crippen LogP contribution in [0.5, 0.6) is 0 Å². The maximum Gasteiger partial charge on any atom is 0.163 e. The summed E-state index contributed by atoms with van der Waals surface area (Å²) in [5.41, 5.74) is 0. The minimum Gasteiger partial charge on any atom is -0.390 e. The van der Waals surface area contributed by atoms with Gasteiger partial charge in [0.05, 0.1) is 54.9 Å². The molecule has 0 aromatic carbocycles. The summed E-state index contributed by atoms with van der Waals surface area (Å²) in [5.74, 6) is 0.729. The Labute approximate surface area is 254 Å². The Balaban J connectivity index is 1.42. The normalized spacial score (nSPS) is 55.9. The van der Waals surface area contributed by atoms with E-state index in [-0.39, 0.29) is 72.3 Å². The molecule has 20 atom stereocenters. The predicted molar refractivity (Wildman–Crippen MR) is 159 cm³/mol. The van der Waals surface area contributed by atoms with Gasteiger partial charge in [-0.2, -0.15) is 0 Å². The van der Waals surface area contributed by atoms with E-state index >= 15 is 0 Å². The first-order valence-electron chi connectivity index (χ1n) is 16.5. The standard InChI is InChI=1S/C33H60O9/c1-14-15(2)29(24(11)36-21(14)8)41-33-20(7)28(17(4)23(10)38-33)40-31-18(5)26(34)30(25(12)39-31)42-32-19(6)27(35-13)16(3)22(9)37-32/h14-34H,1-13H3/t14?,15?,16-,17-,18?,19?,20?,21?,22?,23?,24?,25?,26?,27?,28?,29+,30-,31+,32+,33+/m1/s1. The molecule has 4 saturated heterocycles. The van der Waals surface area contributed by atoms with Crippen LogP contribution >= 0.6 is 0 Å². The van der Waals surface area contributed by atoms with Crippen LogP contribution in [0.4, 0.5) is 0 Å². The predicted octanol–water partition coefficient (Wildman–Crippen LogP) is 5.01. The molecule has 0 saturated carbocycles. The third-order valence-corrected chi connectivity index (χ3v) is 11.4. The molecule has 42 heavy (non-hydrogen) atoms. The van der Waals surface area contributed by atoms with E-state index in [1.165, 1.54) is 0 Å². The molecule has 4 fully saturated rings. The van der Waals surface area contributed by atoms with Gasteiger partial charge in [0.2, 0.25) is 0 Å². The van der Waals surface area contributed by atoms with Crippen LogP contribution in [0.2, 0.25) is 0 Å². The maximum atomic E-state index is 11.5. The van der Waals surface area contributed by atoms with Gasteiger partial charge in [0.15, 0.2) is 18.9 Å². The Morgan fingerprint density at radius 2 is 0.786 bits per heavy atom. The van der Waals surface area contributed by atoms with Crippen molar-refractivity contribution >= 4 is 0 Å². The molecular weight excluding hydrogens is 540 g/mol. The van der Waals surface area contributed by atoms with Crippen molar-refractivity contribution in [3.05, 3.63) is 0 Å². The van der Waals surface area contributed by atoms with Crippen molar-refractivity contribution in [2.45, 2.75) is 163 Å². The Morgan fingerprint density at radius 3 is 1.36 bits per heavy atom. The van der Waals surface area contributed by atoms with E-state index in [2.05, 4.69) is 62.3 Å². The fraction of sp³-hybridized carbons (Fsp3) is 1.00. The van der Waals surface area contributed by atoms with Crippen molar-refractivity contribution in [2.24, 2.45) is 41.4 Å². The highest BCUT2D eigenvalue weighted by atomic mass is 16.7. The summed E-state index contributed by atoms with van der Waals surface area (Å²) >= 11 is 0. The first kappa shape index (κ1) is 34.5. The summed E-state index contributed by atoms with van der Waals surface area (Å²) in [6, 6.07) is 0. The van der Waals surface area contributed by atoms with Gasteiger partial charge in [-0.05, 0) is 46.5 Å². The minimum absolute atomic E-state index is 0.00984. The SMILES string of the molecule is COC1C(C)[C@H](O[C@@H]2C(C)O[C@@H](OC3C(C)[C@H](O[C@@H]4C(C)OC(C)C(C)C4C)OC(C)[C@H]3C)C(C)C2O)OC(C)[C@H]1C. The van der Waals surface area contributed by atoms with Crippen molar-refractivity contribution in [3.63, 3.8) is 0 Å². The monoisotopic (exact) mass is 600 g/mol. The second-order valence-corrected chi connectivity index (χ2v) is 14.2. The first-order chi connectivity index (χ1) is 19.7. The zero-order valence-corrected chi connectivity index (χ0v) is 28.3. The van der Waals surface area contributed by atoms with Gasteiger partial charge < -0.3 is 43.0 Å². The largest absolute Gasteiger partial charge is 0.390 e. The van der Waals surface area contributed by atoms with Gasteiger partial charge in [0.25, 0.3) is 0 Å². The molecule has 0 aliphatic carbocycles. The number of methoxy groups -OCH3 is 1. The molecule has 4 heterocycles. The summed E-state index contributed by atoms with van der Waals surface area (Å²) in [4.78, 5) is 0. The third kappa shape index (κ3) is 6.75. The fourth-order valence-electron chi connectivity index (χ4n) is 7.60. The smallest absolute Gasteiger partial charge is 0.163 e. The van der Waals surface area contributed by atoms with Crippen molar-refractivity contribution in [1.29, 1.82) is 0 Å². The quantitative estimate of drug-likeness (QED) is 0.433. The lowest BCUT2D eigenvalue weighted by atomic mass is 9.81. The van der Waals surface area contributed by atoms with Gasteiger partial charge in [-0.25, -0.2) is 0 Å². The van der Waals surface area contributed by atoms with Crippen LogP contribution in [0.3, 0.4) is 0 Å². The molecule has 0 aromatic rings. The van der Waals surface area contributed by atoms with Crippen LogP contribution in [0.1, 0.15) is 83.1 Å². The van der Waals surface area contributed by atoms with E-state index in [1.807, 2.05) is 20.8 Å². The van der Waals surface area contributed by atoms with Crippen LogP contribution in [-0.2, 0) is 37.9 Å². The van der Waals surface area contributed by atoms with Gasteiger partial charge in [0, 0.05) is 36.7 Å². The number of hydrogen-bond acceptors (Lipinski definition) is 9. The number of aliphatic hydroxyl groups is 1. The number of ether oxygens (including phenoxy) is 8. The van der Waals surface area contributed by atoms with Gasteiger partial charge in [-0.1, -0.05) is 48.5 Å². The van der Waals surface area contributed by atoms with Gasteiger partial charge in [-0.3, -0.25) is 0 Å². The molecule has 0 radical (unpaired) electrons. The number of rotatable bonds is 7. The topological polar surface area (TPSA) is 94.1 Å². The van der Waals surface area contributed by atoms with Crippen molar-refractivity contribution in [2.75, 3.05) is 7.11 Å². The molecule has 4 aliphatic rings. The highest BCUT2D eigenvalue weighted by Crippen LogP contribution is 2.41. The van der Waals surface area contributed by atoms with Gasteiger partial charge >= 0.3 is 0 Å². The van der Waals surface area contributed by atoms with E-state index in [0.717, 1.165) is 0 Å². The van der Waals surface area contributed by atoms with E-state index in [0.29, 0.717) is 11.8 Å². The van der Waals surface area contributed by atoms with Crippen molar-refractivity contribution < 1.29 is 43.0 Å². The molecule has 0 amide bonds. The van der Waals surface area contributed by atoms with Crippen LogP contribution in [0, 0.1) is 41.4 Å². The molecule has 0 aromatic heterocycles. The van der Waals surface area contributed by atoms with Gasteiger partial charge in [0.1, 0.15) is 6.10 Å². The number of hydrogen-bond donors (Lipinski definition) is 1. The first-order valence-corrected chi connectivity index (χ1v) is 16.5. The van der Waals surface area contributed by atoms with Crippen molar-refractivity contribution in [1.82, 2.24) is 0 Å². The summed E-state index contributed by atoms with van der Waals surface area (Å²) in [5, 5.41) is 11.5. The molecule has 0 spiro atoms. The summed E-state index contributed by atoms with van der Waals surface area (Å²) in [6.45, 7) is 25.2. The Morgan fingerprint density at radius 1 is 0.381 bits per heavy atom. The van der Waals surface area contributed by atoms with Crippen molar-refractivity contribution in [3.8, 4) is 0 Å². The van der Waals surface area contributed by atoms with Crippen LogP contribution in [-0.4, -0.2) is 92.1 Å². The van der Waals surface area contributed by atoms with E-state index in [1.54, 1.807) is 7.11 Å². The molecule has 246 valence electrons. The summed E-state index contributed by atoms with van der Waals surface area (Å²) in [6.07, 6.45) is -3.40. The Bertz CT molecular complexity index is 859. The van der Waals surface area contributed by atoms with Gasteiger partial charge in [-0.15, -0.1) is 0 Å². The van der Waals surface area contributed by atoms with Crippen LogP contribution in [0.25, 0.3) is 0 Å². The molecule has 13 unspecified atom stereocenters. The van der Waals surface area contributed by atoms with E-state index in [4.69, 9.17) is 37.9 Å². The zero-order chi connectivity index (χ0) is 31.2. The maximum absolute atomic E-state index is 11.5. The third-order valence-electron chi connectivity index (χ3n) is 11.4. The fourth-order valence-corrected chi connectivity index (χ4v) is 7.60. The molecule has 9 heteroatoms. The average molecular weight is 601 g/mol. The van der Waals surface area contributed by atoms with E-state index < -0.39 is 37.2 Å². The molecule has 0 bridgehead atoms. The number of aliphatic hydroxyl groups excluding tert-OH is 1. The lowest BCUT2D eigenvalue weighted by Gasteiger charge is -2.50. The molecule has 4 aliphatic heterocycles. The highest BCUT2D eigenvalue weighted by Gasteiger charge is 2.51. The van der Waals surface area contributed by atoms with E-state index in [9.17, 15) is 5.11 Å². The zero-order valence-electron chi connectivity index (χ0n) is 28.3. The minimum atomic E-state index is -0.787. The van der Waals surface area contributed by atoms with Crippen LogP contribution in [0.15, 0.2) is 0 Å². The van der Waals surface area contributed by atoms with Crippen LogP contribution < -0.4 is 0 Å². The highest BCUT2D eigenvalue weighted by molar-refractivity contribution is 4.93. The Kier molecular flexibility index (Phi) is 11.5. The molecule has 4 rings (SSSR count). The molecule has 9 nitrogen and oxygen atoms in total. The Hall–Kier alpha value is -0.360. The molecular formula is C33H60O9. The lowest BCUT2D eigenvalue weighted by Crippen LogP contribution is -2.60. The summed E-state index contributed by atoms with van der Waals surface area (Å²) in [7, 11) is 1.73. The second kappa shape index (κ2) is 14.0. The molecule has 1 N–H and O–H groups in total. The lowest BCUT2D eigenvalue weighted by molar-refractivity contribution is -0.357. The average Bonchev–Trinajstić information content (AvgIpc) is 2.94. The summed E-state index contributed by atoms with van der Waals surface area (Å²) < 4.78 is 50.9.